The summed E-state index contributed by atoms with van der Waals surface area (Å²) in [4.78, 5) is 6.60. The summed E-state index contributed by atoms with van der Waals surface area (Å²) in [5.74, 6) is 0.0786. The number of amidine groups is 1. The number of rotatable bonds is 4. The van der Waals surface area contributed by atoms with Crippen LogP contribution in [0.4, 0.5) is 0 Å². The van der Waals surface area contributed by atoms with Gasteiger partial charge in [-0.25, -0.2) is 0 Å². The molecule has 0 amide bonds. The van der Waals surface area contributed by atoms with E-state index < -0.39 is 0 Å². The fraction of sp³-hybridized carbons (Fsp3) is 0.600. The molecule has 5 nitrogen and oxygen atoms in total. The molecular weight excluding hydrogens is 252 g/mol. The van der Waals surface area contributed by atoms with Crippen LogP contribution in [0.1, 0.15) is 49.8 Å². The Hall–Kier alpha value is -1.62. The van der Waals surface area contributed by atoms with Crippen LogP contribution in [-0.2, 0) is 6.54 Å². The molecule has 0 atom stereocenters. The van der Waals surface area contributed by atoms with E-state index in [-0.39, 0.29) is 5.84 Å². The Labute approximate surface area is 120 Å². The van der Waals surface area contributed by atoms with Crippen molar-refractivity contribution in [2.75, 3.05) is 7.05 Å². The first-order valence-electron chi connectivity index (χ1n) is 7.34. The third-order valence-electron chi connectivity index (χ3n) is 4.11. The van der Waals surface area contributed by atoms with Crippen LogP contribution in [0.15, 0.2) is 23.5 Å². The van der Waals surface area contributed by atoms with Crippen molar-refractivity contribution in [3.63, 3.8) is 0 Å². The number of hydrogen-bond acceptors (Lipinski definition) is 4. The maximum absolute atomic E-state index is 8.84. The Bertz CT molecular complexity index is 453. The maximum atomic E-state index is 8.84. The van der Waals surface area contributed by atoms with Gasteiger partial charge < -0.3 is 10.9 Å². The minimum Gasteiger partial charge on any atom is -0.409 e. The van der Waals surface area contributed by atoms with Crippen LogP contribution >= 0.6 is 0 Å². The third kappa shape index (κ3) is 3.70. The van der Waals surface area contributed by atoms with E-state index in [1.54, 1.807) is 6.20 Å². The molecule has 0 aliphatic heterocycles. The lowest BCUT2D eigenvalue weighted by atomic mass is 10.1. The van der Waals surface area contributed by atoms with Crippen LogP contribution in [0.25, 0.3) is 0 Å². The van der Waals surface area contributed by atoms with Gasteiger partial charge in [0.2, 0.25) is 0 Å². The first-order valence-corrected chi connectivity index (χ1v) is 7.34. The van der Waals surface area contributed by atoms with Gasteiger partial charge in [-0.15, -0.1) is 0 Å². The van der Waals surface area contributed by atoms with E-state index in [0.29, 0.717) is 11.7 Å². The molecule has 20 heavy (non-hydrogen) atoms. The average Bonchev–Trinajstić information content (AvgIpc) is 2.76. The normalized spacial score (nSPS) is 18.2. The molecule has 0 unspecified atom stereocenters. The average molecular weight is 276 g/mol. The Kier molecular flexibility index (Phi) is 5.35. The van der Waals surface area contributed by atoms with Gasteiger partial charge in [-0.1, -0.05) is 36.9 Å². The molecule has 1 aliphatic rings. The number of nitrogens with zero attached hydrogens (tertiary/aromatic N) is 3. The topological polar surface area (TPSA) is 74.7 Å². The zero-order valence-electron chi connectivity index (χ0n) is 12.1. The van der Waals surface area contributed by atoms with Crippen LogP contribution < -0.4 is 5.73 Å². The second kappa shape index (κ2) is 7.24. The quantitative estimate of drug-likeness (QED) is 0.291. The Balaban J connectivity index is 2.09. The second-order valence-corrected chi connectivity index (χ2v) is 5.56. The van der Waals surface area contributed by atoms with Crippen LogP contribution in [-0.4, -0.2) is 34.0 Å². The molecule has 1 aromatic rings. The van der Waals surface area contributed by atoms with Crippen molar-refractivity contribution < 1.29 is 5.21 Å². The molecule has 0 spiro atoms. The highest BCUT2D eigenvalue weighted by molar-refractivity contribution is 5.96. The molecule has 0 radical (unpaired) electrons. The van der Waals surface area contributed by atoms with Crippen LogP contribution in [0.2, 0.25) is 0 Å². The molecule has 110 valence electrons. The minimum absolute atomic E-state index is 0.0786. The lowest BCUT2D eigenvalue weighted by Gasteiger charge is -2.27. The van der Waals surface area contributed by atoms with Gasteiger partial charge >= 0.3 is 0 Å². The van der Waals surface area contributed by atoms with E-state index in [4.69, 9.17) is 10.9 Å². The summed E-state index contributed by atoms with van der Waals surface area (Å²) >= 11 is 0. The highest BCUT2D eigenvalue weighted by Gasteiger charge is 2.18. The van der Waals surface area contributed by atoms with Gasteiger partial charge in [-0.2, -0.15) is 0 Å². The SMILES string of the molecule is CN(Cc1cccnc1C(N)=NO)C1CCCCCC1. The van der Waals surface area contributed by atoms with Crippen molar-refractivity contribution in [2.45, 2.75) is 51.1 Å². The Morgan fingerprint density at radius 2 is 2.10 bits per heavy atom. The minimum atomic E-state index is 0.0786. The lowest BCUT2D eigenvalue weighted by molar-refractivity contribution is 0.212. The van der Waals surface area contributed by atoms with Crippen molar-refractivity contribution in [3.8, 4) is 0 Å². The molecule has 1 saturated carbocycles. The zero-order valence-corrected chi connectivity index (χ0v) is 12.1. The monoisotopic (exact) mass is 276 g/mol. The number of oxime groups is 1. The largest absolute Gasteiger partial charge is 0.409 e. The summed E-state index contributed by atoms with van der Waals surface area (Å²) in [6.45, 7) is 0.782. The number of aromatic nitrogens is 1. The zero-order chi connectivity index (χ0) is 14.4. The van der Waals surface area contributed by atoms with E-state index in [1.165, 1.54) is 38.5 Å². The number of nitrogens with two attached hydrogens (primary N) is 1. The molecule has 1 fully saturated rings. The third-order valence-corrected chi connectivity index (χ3v) is 4.11. The fourth-order valence-corrected chi connectivity index (χ4v) is 2.94. The van der Waals surface area contributed by atoms with E-state index in [1.807, 2.05) is 12.1 Å². The Morgan fingerprint density at radius 1 is 1.40 bits per heavy atom. The fourth-order valence-electron chi connectivity index (χ4n) is 2.94. The van der Waals surface area contributed by atoms with Gasteiger partial charge in [0, 0.05) is 18.8 Å². The lowest BCUT2D eigenvalue weighted by Crippen LogP contribution is -2.32. The van der Waals surface area contributed by atoms with Crippen LogP contribution in [0.3, 0.4) is 0 Å². The van der Waals surface area contributed by atoms with Gasteiger partial charge in [0.15, 0.2) is 5.84 Å². The molecular formula is C15H24N4O. The van der Waals surface area contributed by atoms with E-state index >= 15 is 0 Å². The van der Waals surface area contributed by atoms with E-state index in [2.05, 4.69) is 22.1 Å². The van der Waals surface area contributed by atoms with Gasteiger partial charge in [0.05, 0.1) is 0 Å². The van der Waals surface area contributed by atoms with Crippen molar-refractivity contribution in [3.05, 3.63) is 29.6 Å². The molecule has 1 heterocycles. The highest BCUT2D eigenvalue weighted by Crippen LogP contribution is 2.22. The van der Waals surface area contributed by atoms with Crippen molar-refractivity contribution >= 4 is 5.84 Å². The molecule has 0 aromatic carbocycles. The number of hydrogen-bond donors (Lipinski definition) is 2. The van der Waals surface area contributed by atoms with Crippen LogP contribution in [0.5, 0.6) is 0 Å². The van der Waals surface area contributed by atoms with Gasteiger partial charge in [0.25, 0.3) is 0 Å². The van der Waals surface area contributed by atoms with Gasteiger partial charge in [0.1, 0.15) is 5.69 Å². The molecule has 3 N–H and O–H groups in total. The summed E-state index contributed by atoms with van der Waals surface area (Å²) in [7, 11) is 2.15. The van der Waals surface area contributed by atoms with Gasteiger partial charge in [-0.3, -0.25) is 9.88 Å². The predicted molar refractivity (Wildman–Crippen MR) is 79.7 cm³/mol. The van der Waals surface area contributed by atoms with E-state index in [0.717, 1.165) is 12.1 Å². The smallest absolute Gasteiger partial charge is 0.189 e. The summed E-state index contributed by atoms with van der Waals surface area (Å²) in [6.07, 6.45) is 9.53. The summed E-state index contributed by atoms with van der Waals surface area (Å²) < 4.78 is 0. The Morgan fingerprint density at radius 3 is 2.75 bits per heavy atom. The first kappa shape index (κ1) is 14.8. The van der Waals surface area contributed by atoms with Crippen molar-refractivity contribution in [2.24, 2.45) is 10.9 Å². The molecule has 1 aromatic heterocycles. The predicted octanol–water partition coefficient (Wildman–Crippen LogP) is 2.33. The summed E-state index contributed by atoms with van der Waals surface area (Å²) in [6, 6.07) is 4.51. The molecule has 2 rings (SSSR count). The van der Waals surface area contributed by atoms with E-state index in [9.17, 15) is 0 Å². The molecule has 0 saturated heterocycles. The van der Waals surface area contributed by atoms with Gasteiger partial charge in [-0.05, 0) is 31.5 Å². The highest BCUT2D eigenvalue weighted by atomic mass is 16.4. The maximum Gasteiger partial charge on any atom is 0.189 e. The molecule has 5 heteroatoms. The summed E-state index contributed by atoms with van der Waals surface area (Å²) in [5, 5.41) is 11.9. The van der Waals surface area contributed by atoms with Crippen molar-refractivity contribution in [1.82, 2.24) is 9.88 Å². The van der Waals surface area contributed by atoms with Crippen LogP contribution in [0, 0.1) is 0 Å². The first-order chi connectivity index (χ1) is 9.72. The number of pyridine rings is 1. The molecule has 1 aliphatic carbocycles. The summed E-state index contributed by atoms with van der Waals surface area (Å²) in [5.41, 5.74) is 7.28. The molecule has 0 bridgehead atoms. The second-order valence-electron chi connectivity index (χ2n) is 5.56. The van der Waals surface area contributed by atoms with Crippen molar-refractivity contribution in [1.29, 1.82) is 0 Å². The standard InChI is InChI=1S/C15H24N4O/c1-19(13-8-4-2-3-5-9-13)11-12-7-6-10-17-14(12)15(16)18-20/h6-7,10,13,20H,2-5,8-9,11H2,1H3,(H2,16,18).